The molecule has 7 atom stereocenters. The van der Waals surface area contributed by atoms with Crippen molar-refractivity contribution in [3.63, 3.8) is 0 Å². The van der Waals surface area contributed by atoms with Crippen molar-refractivity contribution < 1.29 is 87.2 Å². The number of aromatic nitrogens is 3. The average molecular weight is 1200 g/mol. The Morgan fingerprint density at radius 3 is 1.83 bits per heavy atom. The second kappa shape index (κ2) is 26.1. The minimum Gasteiger partial charge on any atom is -0.453 e. The minimum absolute atomic E-state index is 0.0276. The lowest BCUT2D eigenvalue weighted by Crippen LogP contribution is -2.63. The first-order valence-electron chi connectivity index (χ1n) is 26.3. The Labute approximate surface area is 475 Å². The van der Waals surface area contributed by atoms with E-state index in [1.807, 2.05) is 21.7 Å². The molecule has 3 aliphatic heterocycles. The zero-order chi connectivity index (χ0) is 61.6. The molecule has 19 nitrogen and oxygen atoms in total. The number of ether oxygens (including phenoxy) is 3. The van der Waals surface area contributed by atoms with Crippen molar-refractivity contribution in [2.24, 2.45) is 10.8 Å². The minimum atomic E-state index is -5.24. The molecule has 2 aromatic carbocycles. The van der Waals surface area contributed by atoms with Crippen molar-refractivity contribution in [2.75, 3.05) is 45.4 Å². The van der Waals surface area contributed by atoms with Crippen molar-refractivity contribution in [1.29, 1.82) is 0 Å². The number of alkyl halides is 8. The number of hydrazine groups is 1. The van der Waals surface area contributed by atoms with E-state index in [2.05, 4.69) is 41.6 Å². The van der Waals surface area contributed by atoms with Gasteiger partial charge in [-0.1, -0.05) is 24.0 Å². The van der Waals surface area contributed by atoms with E-state index in [1.54, 1.807) is 17.6 Å². The summed E-state index contributed by atoms with van der Waals surface area (Å²) >= 11 is 0. The maximum absolute atomic E-state index is 16.1. The van der Waals surface area contributed by atoms with Gasteiger partial charge in [0.15, 0.2) is 0 Å². The van der Waals surface area contributed by atoms with Gasteiger partial charge in [0.2, 0.25) is 5.91 Å². The summed E-state index contributed by atoms with van der Waals surface area (Å²) < 4.78 is 161. The van der Waals surface area contributed by atoms with Gasteiger partial charge in [-0.3, -0.25) is 19.8 Å². The molecule has 3 aliphatic rings. The van der Waals surface area contributed by atoms with E-state index in [4.69, 9.17) is 4.74 Å². The van der Waals surface area contributed by atoms with Crippen LogP contribution in [0, 0.1) is 34.3 Å². The number of pyridine rings is 1. The third-order valence-electron chi connectivity index (χ3n) is 15.2. The number of carbonyl (C=O) groups is 5. The number of hydrogen-bond acceptors (Lipinski definition) is 13. The first-order chi connectivity index (χ1) is 39.4. The van der Waals surface area contributed by atoms with Crippen LogP contribution in [-0.4, -0.2) is 155 Å². The molecule has 0 aliphatic carbocycles. The Morgan fingerprint density at radius 1 is 0.774 bits per heavy atom. The Kier molecular flexibility index (Phi) is 19.8. The van der Waals surface area contributed by atoms with Gasteiger partial charge in [-0.2, -0.15) is 40.2 Å². The van der Waals surface area contributed by atoms with Crippen LogP contribution in [0.3, 0.4) is 0 Å². The number of halogens is 10. The highest BCUT2D eigenvalue weighted by Gasteiger charge is 2.57. The van der Waals surface area contributed by atoms with Crippen LogP contribution in [0.4, 0.5) is 59.3 Å². The number of fused-ring (bicyclic) bond motifs is 2. The molecule has 84 heavy (non-hydrogen) atoms. The van der Waals surface area contributed by atoms with Crippen molar-refractivity contribution >= 4 is 35.7 Å². The summed E-state index contributed by atoms with van der Waals surface area (Å²) in [7, 11) is 1.59. The lowest BCUT2D eigenvalue weighted by atomic mass is 9.82. The molecular weight excluding hydrogens is 1130 g/mol. The number of benzene rings is 2. The van der Waals surface area contributed by atoms with Gasteiger partial charge in [-0.25, -0.2) is 33.0 Å². The zero-order valence-electron chi connectivity index (χ0n) is 46.2. The van der Waals surface area contributed by atoms with Gasteiger partial charge in [0, 0.05) is 79.5 Å². The van der Waals surface area contributed by atoms with Crippen molar-refractivity contribution in [1.82, 2.24) is 46.0 Å². The summed E-state index contributed by atoms with van der Waals surface area (Å²) in [5.41, 5.74) is -4.37. The molecule has 0 saturated carbocycles. The van der Waals surface area contributed by atoms with Gasteiger partial charge in [0.1, 0.15) is 35.6 Å². The van der Waals surface area contributed by atoms with Crippen molar-refractivity contribution in [3.8, 4) is 23.0 Å². The number of methoxy groups -OCH3 is 2. The SMILES string of the molecule is COC(=O)N[C@H](C(=O)N[C@@H](Cc1ccc(C#Cc2ccc(N3CC4CCC(C3)N4C(=O)[C@@H]3CCCO3)nc2)cc1)[C@@H](O)CN(Cc1c(F)cc(-c2cnn(C(F)F)c2)cc1F)NC(=O)[C@@H](NC(=O)OC)C(C)(C)C(F)(F)F)C(C)(C)C(F)(F)F. The first kappa shape index (κ1) is 63.9. The van der Waals surface area contributed by atoms with Crippen LogP contribution >= 0.6 is 0 Å². The van der Waals surface area contributed by atoms with Crippen molar-refractivity contribution in [3.05, 3.63) is 101 Å². The molecule has 2 bridgehead atoms. The van der Waals surface area contributed by atoms with Gasteiger partial charge in [0.25, 0.3) is 11.8 Å². The van der Waals surface area contributed by atoms with Crippen LogP contribution in [-0.2, 0) is 41.6 Å². The Bertz CT molecular complexity index is 3040. The summed E-state index contributed by atoms with van der Waals surface area (Å²) in [4.78, 5) is 74.9. The van der Waals surface area contributed by atoms with Crippen LogP contribution < -0.4 is 26.3 Å². The van der Waals surface area contributed by atoms with E-state index < -0.39 is 121 Å². The molecule has 2 unspecified atom stereocenters. The first-order valence-corrected chi connectivity index (χ1v) is 26.3. The molecule has 3 saturated heterocycles. The van der Waals surface area contributed by atoms with E-state index in [1.165, 1.54) is 24.3 Å². The molecular formula is C55H62F10N10O9. The third kappa shape index (κ3) is 14.8. The summed E-state index contributed by atoms with van der Waals surface area (Å²) in [5, 5.41) is 21.9. The number of hydrogen-bond donors (Lipinski definition) is 5. The van der Waals surface area contributed by atoms with Gasteiger partial charge in [0.05, 0.1) is 43.4 Å². The van der Waals surface area contributed by atoms with Crippen LogP contribution in [0.25, 0.3) is 11.1 Å². The number of aliphatic hydroxyl groups excluding tert-OH is 1. The van der Waals surface area contributed by atoms with E-state index >= 15 is 8.78 Å². The Hall–Kier alpha value is -7.71. The van der Waals surface area contributed by atoms with E-state index in [0.29, 0.717) is 87.9 Å². The molecule has 29 heteroatoms. The number of alkyl carbamates (subject to hydrolysis) is 2. The lowest BCUT2D eigenvalue weighted by molar-refractivity contribution is -0.221. The predicted molar refractivity (Wildman–Crippen MR) is 279 cm³/mol. The fourth-order valence-electron chi connectivity index (χ4n) is 9.96. The number of anilines is 1. The fourth-order valence-corrected chi connectivity index (χ4v) is 9.96. The number of rotatable bonds is 19. The highest BCUT2D eigenvalue weighted by Crippen LogP contribution is 2.42. The summed E-state index contributed by atoms with van der Waals surface area (Å²) in [6.07, 6.45) is -9.95. The smallest absolute Gasteiger partial charge is 0.407 e. The Morgan fingerprint density at radius 2 is 1.33 bits per heavy atom. The largest absolute Gasteiger partial charge is 0.453 e. The molecule has 4 aromatic rings. The lowest BCUT2D eigenvalue weighted by Gasteiger charge is -2.42. The predicted octanol–water partition coefficient (Wildman–Crippen LogP) is 6.92. The highest BCUT2D eigenvalue weighted by molar-refractivity contribution is 5.87. The van der Waals surface area contributed by atoms with E-state index in [0.717, 1.165) is 45.9 Å². The quantitative estimate of drug-likeness (QED) is 0.0366. The van der Waals surface area contributed by atoms with Gasteiger partial charge < -0.3 is 45.1 Å². The molecule has 3 fully saturated rings. The summed E-state index contributed by atoms with van der Waals surface area (Å²) in [5.74, 6) is 0.645. The molecule has 5 N–H and O–H groups in total. The monoisotopic (exact) mass is 1200 g/mol. The number of amides is 5. The van der Waals surface area contributed by atoms with Crippen molar-refractivity contribution in [2.45, 2.75) is 128 Å². The summed E-state index contributed by atoms with van der Waals surface area (Å²) in [6, 6.07) is 4.16. The summed E-state index contributed by atoms with van der Waals surface area (Å²) in [6.45, 7) is -1.40. The number of aliphatic hydroxyl groups is 1. The van der Waals surface area contributed by atoms with E-state index in [9.17, 15) is 64.2 Å². The molecule has 2 aromatic heterocycles. The van der Waals surface area contributed by atoms with Gasteiger partial charge in [-0.15, -0.1) is 0 Å². The standard InChI is InChI=1S/C55H62F10N10O9/c1-52(2,54(60,61)62)44(69-50(80)82-5)46(77)68-40(20-31-12-9-30(10-13-31)11-14-32-15-18-43(66-23-32)72-26-35-16-17-36(27-72)75(35)48(79)42-8-7-19-84-42)41(76)29-73(71-47(78)45(70-51(81)83-6)53(3,4)55(63,64)65)28-37-38(56)21-33(22-39(37)57)34-24-67-74(25-34)49(58)59/h9-10,12-13,15,18,21-25,35-36,40-42,44-45,49,76H,7-8,16-17,19-20,26-29H2,1-6H3,(H,68,77)(H,69,80)(H,70,81)(H,71,78)/t35?,36?,40-,41-,42-,44+,45+/m0/s1. The maximum atomic E-state index is 16.1. The second-order valence-corrected chi connectivity index (χ2v) is 21.6. The molecule has 5 amide bonds. The molecule has 0 spiro atoms. The third-order valence-corrected chi connectivity index (χ3v) is 15.2. The topological polar surface area (TPSA) is 222 Å². The molecule has 0 radical (unpaired) electrons. The number of nitrogens with zero attached hydrogens (tertiary/aromatic N) is 6. The highest BCUT2D eigenvalue weighted by atomic mass is 19.4. The van der Waals surface area contributed by atoms with Crippen LogP contribution in [0.15, 0.2) is 67.1 Å². The Balaban J connectivity index is 1.17. The zero-order valence-corrected chi connectivity index (χ0v) is 46.2. The number of nitrogens with one attached hydrogen (secondary N) is 4. The van der Waals surface area contributed by atoms with Crippen LogP contribution in [0.1, 0.15) is 82.2 Å². The number of carbonyl (C=O) groups excluding carboxylic acids is 5. The number of piperazine rings is 1. The van der Waals surface area contributed by atoms with Gasteiger partial charge in [-0.05, 0) is 107 Å². The maximum Gasteiger partial charge on any atom is 0.407 e. The molecule has 7 rings (SSSR count). The fraction of sp³-hybridized carbons (Fsp3) is 0.509. The normalized spacial score (nSPS) is 18.8. The van der Waals surface area contributed by atoms with Crippen LogP contribution in [0.5, 0.6) is 0 Å². The average Bonchev–Trinajstić information content (AvgIpc) is 2.47. The van der Waals surface area contributed by atoms with Crippen LogP contribution in [0.2, 0.25) is 0 Å². The molecule has 5 heterocycles. The second-order valence-electron chi connectivity index (χ2n) is 21.6. The van der Waals surface area contributed by atoms with E-state index in [-0.39, 0.29) is 39.4 Å². The van der Waals surface area contributed by atoms with Gasteiger partial charge >= 0.3 is 31.1 Å². The molecule has 456 valence electrons.